The zero-order chi connectivity index (χ0) is 25.8. The number of likely N-dealkylation sites (tertiary alicyclic amines) is 1. The van der Waals surface area contributed by atoms with Crippen LogP contribution in [0.1, 0.15) is 44.2 Å². The summed E-state index contributed by atoms with van der Waals surface area (Å²) in [4.78, 5) is 28.2. The van der Waals surface area contributed by atoms with Crippen LogP contribution in [0.2, 0.25) is 0 Å². The number of rotatable bonds is 6. The SMILES string of the molecule is C[C@@H]1CN(c2ncc(C#N)cn2)C[C@H](C)N1C(=O)NCCC1CCN(Cc2ccc3occc3c2)CC1. The zero-order valence-corrected chi connectivity index (χ0v) is 21.6. The molecule has 2 amide bonds. The Morgan fingerprint density at radius 1 is 1.14 bits per heavy atom. The minimum Gasteiger partial charge on any atom is -0.464 e. The van der Waals surface area contributed by atoms with Crippen LogP contribution in [0.25, 0.3) is 11.0 Å². The molecule has 0 saturated carbocycles. The highest BCUT2D eigenvalue weighted by molar-refractivity contribution is 5.77. The standard InChI is InChI=1S/C28H35N7O2/c1-20-17-34(27-31-15-24(14-29)16-32-27)18-21(2)35(20)28(36)30-9-5-22-6-10-33(11-7-22)19-23-3-4-26-25(13-23)8-12-37-26/h3-4,8,12-13,15-16,20-22H,5-7,9-11,17-19H2,1-2H3,(H,30,36)/t20-,21+. The summed E-state index contributed by atoms with van der Waals surface area (Å²) in [6, 6.07) is 10.6. The van der Waals surface area contributed by atoms with Gasteiger partial charge in [-0.2, -0.15) is 5.26 Å². The molecule has 0 spiro atoms. The molecule has 37 heavy (non-hydrogen) atoms. The van der Waals surface area contributed by atoms with Crippen LogP contribution in [0.3, 0.4) is 0 Å². The largest absolute Gasteiger partial charge is 0.464 e. The number of hydrogen-bond donors (Lipinski definition) is 1. The van der Waals surface area contributed by atoms with Crippen molar-refractivity contribution >= 4 is 22.9 Å². The molecule has 3 aromatic rings. The quantitative estimate of drug-likeness (QED) is 0.545. The summed E-state index contributed by atoms with van der Waals surface area (Å²) in [6.45, 7) is 9.31. The molecule has 9 heteroatoms. The van der Waals surface area contributed by atoms with E-state index in [9.17, 15) is 4.79 Å². The molecule has 0 radical (unpaired) electrons. The molecule has 1 aromatic carbocycles. The van der Waals surface area contributed by atoms with Crippen molar-refractivity contribution in [2.45, 2.75) is 51.7 Å². The first-order chi connectivity index (χ1) is 18.0. The van der Waals surface area contributed by atoms with Crippen LogP contribution in [0, 0.1) is 17.2 Å². The van der Waals surface area contributed by atoms with Crippen molar-refractivity contribution in [3.8, 4) is 6.07 Å². The van der Waals surface area contributed by atoms with E-state index in [0.29, 0.717) is 37.1 Å². The Morgan fingerprint density at radius 3 is 2.57 bits per heavy atom. The third-order valence-electron chi connectivity index (χ3n) is 7.66. The molecule has 1 N–H and O–H groups in total. The molecule has 194 valence electrons. The van der Waals surface area contributed by atoms with Crippen molar-refractivity contribution in [1.29, 1.82) is 5.26 Å². The number of benzene rings is 1. The van der Waals surface area contributed by atoms with Crippen LogP contribution in [-0.4, -0.2) is 70.6 Å². The molecule has 9 nitrogen and oxygen atoms in total. The average Bonchev–Trinajstić information content (AvgIpc) is 3.37. The first-order valence-electron chi connectivity index (χ1n) is 13.2. The Hall–Kier alpha value is -3.64. The molecule has 2 aliphatic heterocycles. The molecular formula is C28H35N7O2. The van der Waals surface area contributed by atoms with E-state index in [1.807, 2.05) is 17.0 Å². The highest BCUT2D eigenvalue weighted by Crippen LogP contribution is 2.24. The van der Waals surface area contributed by atoms with Crippen molar-refractivity contribution in [2.75, 3.05) is 37.6 Å². The number of nitrogens with one attached hydrogen (secondary N) is 1. The number of amides is 2. The number of carbonyl (C=O) groups excluding carboxylic acids is 1. The lowest BCUT2D eigenvalue weighted by Gasteiger charge is -2.44. The van der Waals surface area contributed by atoms with Gasteiger partial charge in [-0.05, 0) is 75.9 Å². The number of hydrogen-bond acceptors (Lipinski definition) is 7. The smallest absolute Gasteiger partial charge is 0.318 e. The van der Waals surface area contributed by atoms with Crippen LogP contribution in [-0.2, 0) is 6.54 Å². The van der Waals surface area contributed by atoms with Gasteiger partial charge in [0, 0.05) is 43.6 Å². The van der Waals surface area contributed by atoms with Crippen molar-refractivity contribution in [2.24, 2.45) is 5.92 Å². The second-order valence-corrected chi connectivity index (χ2v) is 10.4. The van der Waals surface area contributed by atoms with E-state index in [-0.39, 0.29) is 18.1 Å². The Kier molecular flexibility index (Phi) is 7.56. The lowest BCUT2D eigenvalue weighted by Crippen LogP contribution is -2.61. The number of anilines is 1. The average molecular weight is 502 g/mol. The van der Waals surface area contributed by atoms with Crippen molar-refractivity contribution in [1.82, 2.24) is 25.1 Å². The van der Waals surface area contributed by atoms with E-state index in [4.69, 9.17) is 9.68 Å². The third-order valence-corrected chi connectivity index (χ3v) is 7.66. The normalized spacial score (nSPS) is 21.2. The van der Waals surface area contributed by atoms with Crippen LogP contribution in [0.15, 0.2) is 47.3 Å². The molecule has 2 fully saturated rings. The summed E-state index contributed by atoms with van der Waals surface area (Å²) in [5.74, 6) is 1.25. The Bertz CT molecular complexity index is 1230. The van der Waals surface area contributed by atoms with Gasteiger partial charge in [-0.25, -0.2) is 14.8 Å². The van der Waals surface area contributed by atoms with E-state index >= 15 is 0 Å². The van der Waals surface area contributed by atoms with Gasteiger partial charge in [0.15, 0.2) is 0 Å². The van der Waals surface area contributed by atoms with Crippen molar-refractivity contribution < 1.29 is 9.21 Å². The fourth-order valence-corrected chi connectivity index (χ4v) is 5.71. The lowest BCUT2D eigenvalue weighted by atomic mass is 9.93. The second kappa shape index (κ2) is 11.2. The summed E-state index contributed by atoms with van der Waals surface area (Å²) in [7, 11) is 0. The van der Waals surface area contributed by atoms with Gasteiger partial charge in [0.25, 0.3) is 0 Å². The van der Waals surface area contributed by atoms with E-state index in [0.717, 1.165) is 37.0 Å². The minimum absolute atomic E-state index is 0.00692. The van der Waals surface area contributed by atoms with Gasteiger partial charge in [-0.3, -0.25) is 4.90 Å². The van der Waals surface area contributed by atoms with E-state index in [1.54, 1.807) is 18.7 Å². The maximum atomic E-state index is 13.0. The van der Waals surface area contributed by atoms with E-state index in [2.05, 4.69) is 57.1 Å². The number of fused-ring (bicyclic) bond motifs is 1. The number of piperidine rings is 1. The highest BCUT2D eigenvalue weighted by Gasteiger charge is 2.34. The van der Waals surface area contributed by atoms with Gasteiger partial charge < -0.3 is 19.5 Å². The summed E-state index contributed by atoms with van der Waals surface area (Å²) in [5, 5.41) is 13.3. The summed E-state index contributed by atoms with van der Waals surface area (Å²) in [5.41, 5.74) is 2.71. The maximum Gasteiger partial charge on any atom is 0.318 e. The minimum atomic E-state index is 0.00692. The number of nitrogens with zero attached hydrogens (tertiary/aromatic N) is 6. The molecule has 2 aromatic heterocycles. The number of furan rings is 1. The fourth-order valence-electron chi connectivity index (χ4n) is 5.71. The molecule has 5 rings (SSSR count). The van der Waals surface area contributed by atoms with Crippen LogP contribution < -0.4 is 10.2 Å². The van der Waals surface area contributed by atoms with Gasteiger partial charge in [0.05, 0.1) is 24.2 Å². The van der Waals surface area contributed by atoms with E-state index < -0.39 is 0 Å². The zero-order valence-electron chi connectivity index (χ0n) is 21.6. The molecule has 2 saturated heterocycles. The topological polar surface area (TPSA) is 102 Å². The fraction of sp³-hybridized carbons (Fsp3) is 0.500. The molecular weight excluding hydrogens is 466 g/mol. The predicted molar refractivity (Wildman–Crippen MR) is 142 cm³/mol. The molecule has 0 aliphatic carbocycles. The molecule has 2 atom stereocenters. The third kappa shape index (κ3) is 5.86. The van der Waals surface area contributed by atoms with Crippen molar-refractivity contribution in [3.63, 3.8) is 0 Å². The first-order valence-corrected chi connectivity index (χ1v) is 13.2. The second-order valence-electron chi connectivity index (χ2n) is 10.4. The molecule has 0 unspecified atom stereocenters. The van der Waals surface area contributed by atoms with Crippen LogP contribution in [0.4, 0.5) is 10.7 Å². The number of aromatic nitrogens is 2. The number of nitriles is 1. The number of urea groups is 1. The first kappa shape index (κ1) is 25.0. The Balaban J connectivity index is 1.04. The monoisotopic (exact) mass is 501 g/mol. The summed E-state index contributed by atoms with van der Waals surface area (Å²) >= 11 is 0. The van der Waals surface area contributed by atoms with E-state index in [1.165, 1.54) is 18.4 Å². The summed E-state index contributed by atoms with van der Waals surface area (Å²) < 4.78 is 5.45. The lowest BCUT2D eigenvalue weighted by molar-refractivity contribution is 0.139. The van der Waals surface area contributed by atoms with Crippen LogP contribution in [0.5, 0.6) is 0 Å². The number of piperazine rings is 1. The van der Waals surface area contributed by atoms with Gasteiger partial charge in [0.2, 0.25) is 5.95 Å². The van der Waals surface area contributed by atoms with Gasteiger partial charge >= 0.3 is 6.03 Å². The Morgan fingerprint density at radius 2 is 1.86 bits per heavy atom. The maximum absolute atomic E-state index is 13.0. The van der Waals surface area contributed by atoms with Gasteiger partial charge in [-0.15, -0.1) is 0 Å². The molecule has 2 aliphatic rings. The summed E-state index contributed by atoms with van der Waals surface area (Å²) in [6.07, 6.45) is 8.18. The highest BCUT2D eigenvalue weighted by atomic mass is 16.3. The molecule has 0 bridgehead atoms. The Labute approximate surface area is 218 Å². The van der Waals surface area contributed by atoms with Gasteiger partial charge in [-0.1, -0.05) is 6.07 Å². The van der Waals surface area contributed by atoms with Gasteiger partial charge in [0.1, 0.15) is 11.7 Å². The number of carbonyl (C=O) groups is 1. The van der Waals surface area contributed by atoms with Crippen LogP contribution >= 0.6 is 0 Å². The predicted octanol–water partition coefficient (Wildman–Crippen LogP) is 4.01. The molecule has 4 heterocycles. The van der Waals surface area contributed by atoms with Crippen molar-refractivity contribution in [3.05, 3.63) is 54.0 Å².